The molecule has 0 spiro atoms. The number of nitrogens with zero attached hydrogens (tertiary/aromatic N) is 2. The number of carbonyl (C=O) groups excluding carboxylic acids is 2. The van der Waals surface area contributed by atoms with Crippen molar-refractivity contribution in [2.75, 3.05) is 30.4 Å². The number of likely N-dealkylation sites (N-methyl/N-ethyl adjacent to an activating group) is 1. The largest absolute Gasteiger partial charge is 0.344 e. The first kappa shape index (κ1) is 16.3. The fourth-order valence-corrected chi connectivity index (χ4v) is 5.45. The van der Waals surface area contributed by atoms with Gasteiger partial charge in [0.25, 0.3) is 0 Å². The number of amides is 2. The molecule has 1 saturated heterocycles. The second-order valence-corrected chi connectivity index (χ2v) is 9.22. The maximum atomic E-state index is 11.9. The van der Waals surface area contributed by atoms with Gasteiger partial charge >= 0.3 is 11.8 Å². The SMILES string of the molecule is CN1CCc2nc(NC(=O)C(=O)NC3CCS(=O)(=O)C3)sc2C1. The Morgan fingerprint density at radius 1 is 1.35 bits per heavy atom. The molecule has 126 valence electrons. The molecule has 1 fully saturated rings. The Labute approximate surface area is 138 Å². The van der Waals surface area contributed by atoms with E-state index in [0.717, 1.165) is 30.1 Å². The zero-order valence-electron chi connectivity index (χ0n) is 12.7. The zero-order valence-corrected chi connectivity index (χ0v) is 14.3. The van der Waals surface area contributed by atoms with Gasteiger partial charge in [0.05, 0.1) is 17.2 Å². The van der Waals surface area contributed by atoms with Gasteiger partial charge in [-0.15, -0.1) is 11.3 Å². The molecular weight excluding hydrogens is 340 g/mol. The number of nitrogens with one attached hydrogen (secondary N) is 2. The molecular formula is C13H18N4O4S2. The lowest BCUT2D eigenvalue weighted by atomic mass is 10.2. The van der Waals surface area contributed by atoms with Gasteiger partial charge in [0, 0.05) is 30.4 Å². The number of hydrogen-bond acceptors (Lipinski definition) is 7. The molecule has 2 amide bonds. The van der Waals surface area contributed by atoms with Gasteiger partial charge in [-0.05, 0) is 13.5 Å². The Bertz CT molecular complexity index is 743. The number of anilines is 1. The van der Waals surface area contributed by atoms with E-state index in [0.29, 0.717) is 11.6 Å². The van der Waals surface area contributed by atoms with Crippen molar-refractivity contribution >= 4 is 38.1 Å². The summed E-state index contributed by atoms with van der Waals surface area (Å²) in [6, 6.07) is -0.489. The summed E-state index contributed by atoms with van der Waals surface area (Å²) in [5, 5.41) is 5.37. The predicted molar refractivity (Wildman–Crippen MR) is 86.0 cm³/mol. The van der Waals surface area contributed by atoms with Crippen LogP contribution in [0, 0.1) is 0 Å². The number of aromatic nitrogens is 1. The van der Waals surface area contributed by atoms with Crippen LogP contribution >= 0.6 is 11.3 Å². The molecule has 1 unspecified atom stereocenters. The van der Waals surface area contributed by atoms with Gasteiger partial charge in [0.15, 0.2) is 15.0 Å². The summed E-state index contributed by atoms with van der Waals surface area (Å²) < 4.78 is 22.7. The van der Waals surface area contributed by atoms with Crippen LogP contribution in [0.2, 0.25) is 0 Å². The van der Waals surface area contributed by atoms with E-state index in [1.165, 1.54) is 11.3 Å². The summed E-state index contributed by atoms with van der Waals surface area (Å²) in [6.45, 7) is 1.70. The lowest BCUT2D eigenvalue weighted by Crippen LogP contribution is -2.42. The number of thiazole rings is 1. The van der Waals surface area contributed by atoms with Crippen LogP contribution in [0.5, 0.6) is 0 Å². The number of fused-ring (bicyclic) bond motifs is 1. The van der Waals surface area contributed by atoms with E-state index < -0.39 is 27.7 Å². The minimum absolute atomic E-state index is 0.0479. The molecule has 2 N–H and O–H groups in total. The molecule has 0 aliphatic carbocycles. The molecule has 0 aromatic carbocycles. The summed E-state index contributed by atoms with van der Waals surface area (Å²) in [4.78, 5) is 31.4. The first-order valence-corrected chi connectivity index (χ1v) is 9.95. The van der Waals surface area contributed by atoms with Crippen molar-refractivity contribution in [3.63, 3.8) is 0 Å². The van der Waals surface area contributed by atoms with Gasteiger partial charge < -0.3 is 10.2 Å². The Morgan fingerprint density at radius 3 is 2.83 bits per heavy atom. The lowest BCUT2D eigenvalue weighted by Gasteiger charge is -2.20. The molecule has 1 aromatic heterocycles. The van der Waals surface area contributed by atoms with Gasteiger partial charge in [-0.25, -0.2) is 13.4 Å². The van der Waals surface area contributed by atoms with E-state index in [9.17, 15) is 18.0 Å². The van der Waals surface area contributed by atoms with Gasteiger partial charge in [0.1, 0.15) is 0 Å². The summed E-state index contributed by atoms with van der Waals surface area (Å²) >= 11 is 1.37. The molecule has 2 aliphatic heterocycles. The molecule has 8 nitrogen and oxygen atoms in total. The topological polar surface area (TPSA) is 108 Å². The molecule has 2 aliphatic rings. The first-order valence-electron chi connectivity index (χ1n) is 7.32. The summed E-state index contributed by atoms with van der Waals surface area (Å²) in [5.41, 5.74) is 0.964. The van der Waals surface area contributed by atoms with Crippen LogP contribution in [-0.2, 0) is 32.4 Å². The Hall–Kier alpha value is -1.52. The van der Waals surface area contributed by atoms with Crippen molar-refractivity contribution in [3.8, 4) is 0 Å². The number of carbonyl (C=O) groups is 2. The third kappa shape index (κ3) is 3.88. The van der Waals surface area contributed by atoms with E-state index >= 15 is 0 Å². The number of rotatable bonds is 2. The van der Waals surface area contributed by atoms with Crippen molar-refractivity contribution in [2.24, 2.45) is 0 Å². The molecule has 1 atom stereocenters. The third-order valence-corrected chi connectivity index (χ3v) is 6.68. The molecule has 0 radical (unpaired) electrons. The van der Waals surface area contributed by atoms with Crippen molar-refractivity contribution < 1.29 is 18.0 Å². The van der Waals surface area contributed by atoms with E-state index in [2.05, 4.69) is 20.5 Å². The summed E-state index contributed by atoms with van der Waals surface area (Å²) in [7, 11) is -1.08. The maximum Gasteiger partial charge on any atom is 0.315 e. The van der Waals surface area contributed by atoms with Gasteiger partial charge in [-0.2, -0.15) is 0 Å². The Kier molecular flexibility index (Phi) is 4.39. The van der Waals surface area contributed by atoms with E-state index in [-0.39, 0.29) is 11.5 Å². The minimum Gasteiger partial charge on any atom is -0.344 e. The van der Waals surface area contributed by atoms with Crippen molar-refractivity contribution in [1.82, 2.24) is 15.2 Å². The molecule has 23 heavy (non-hydrogen) atoms. The molecule has 1 aromatic rings. The van der Waals surface area contributed by atoms with Crippen LogP contribution in [0.15, 0.2) is 0 Å². The van der Waals surface area contributed by atoms with Gasteiger partial charge in [0.2, 0.25) is 0 Å². The highest BCUT2D eigenvalue weighted by atomic mass is 32.2. The highest BCUT2D eigenvalue weighted by Gasteiger charge is 2.30. The van der Waals surface area contributed by atoms with Gasteiger partial charge in [-0.1, -0.05) is 0 Å². The fraction of sp³-hybridized carbons (Fsp3) is 0.615. The summed E-state index contributed by atoms with van der Waals surface area (Å²) in [5.74, 6) is -1.69. The standard InChI is InChI=1S/C13H18N4O4S2/c1-17-4-2-9-10(6-17)22-13(15-9)16-12(19)11(18)14-8-3-5-23(20,21)7-8/h8H,2-7H2,1H3,(H,14,18)(H,15,16,19). The van der Waals surface area contributed by atoms with Crippen LogP contribution in [0.25, 0.3) is 0 Å². The van der Waals surface area contributed by atoms with Crippen molar-refractivity contribution in [1.29, 1.82) is 0 Å². The zero-order chi connectivity index (χ0) is 16.6. The van der Waals surface area contributed by atoms with E-state index in [4.69, 9.17) is 0 Å². The molecule has 0 bridgehead atoms. The third-order valence-electron chi connectivity index (χ3n) is 3.92. The maximum absolute atomic E-state index is 11.9. The second-order valence-electron chi connectivity index (χ2n) is 5.90. The Balaban J connectivity index is 1.58. The molecule has 3 heterocycles. The highest BCUT2D eigenvalue weighted by molar-refractivity contribution is 7.91. The average Bonchev–Trinajstić information content (AvgIpc) is 3.00. The van der Waals surface area contributed by atoms with E-state index in [1.807, 2.05) is 7.05 Å². The van der Waals surface area contributed by atoms with Crippen LogP contribution in [-0.4, -0.2) is 61.3 Å². The van der Waals surface area contributed by atoms with E-state index in [1.54, 1.807) is 0 Å². The summed E-state index contributed by atoms with van der Waals surface area (Å²) in [6.07, 6.45) is 1.17. The quantitative estimate of drug-likeness (QED) is 0.682. The predicted octanol–water partition coefficient (Wildman–Crippen LogP) is -0.627. The van der Waals surface area contributed by atoms with Crippen molar-refractivity contribution in [2.45, 2.75) is 25.4 Å². The smallest absolute Gasteiger partial charge is 0.315 e. The van der Waals surface area contributed by atoms with Crippen LogP contribution in [0.3, 0.4) is 0 Å². The second kappa shape index (κ2) is 6.17. The highest BCUT2D eigenvalue weighted by Crippen LogP contribution is 2.27. The molecule has 10 heteroatoms. The van der Waals surface area contributed by atoms with Crippen molar-refractivity contribution in [3.05, 3.63) is 10.6 Å². The fourth-order valence-electron chi connectivity index (χ4n) is 2.69. The normalized spacial score (nSPS) is 23.3. The lowest BCUT2D eigenvalue weighted by molar-refractivity contribution is -0.136. The number of sulfone groups is 1. The monoisotopic (exact) mass is 358 g/mol. The van der Waals surface area contributed by atoms with Crippen LogP contribution in [0.4, 0.5) is 5.13 Å². The Morgan fingerprint density at radius 2 is 2.13 bits per heavy atom. The average molecular weight is 358 g/mol. The molecule has 0 saturated carbocycles. The van der Waals surface area contributed by atoms with Crippen LogP contribution < -0.4 is 10.6 Å². The van der Waals surface area contributed by atoms with Gasteiger partial charge in [-0.3, -0.25) is 14.9 Å². The number of hydrogen-bond donors (Lipinski definition) is 2. The first-order chi connectivity index (χ1) is 10.8. The molecule has 3 rings (SSSR count). The minimum atomic E-state index is -3.09. The van der Waals surface area contributed by atoms with Crippen LogP contribution in [0.1, 0.15) is 17.0 Å².